The molecule has 4 atom stereocenters. The van der Waals surface area contributed by atoms with E-state index in [2.05, 4.69) is 10.6 Å². The van der Waals surface area contributed by atoms with Gasteiger partial charge in [-0.25, -0.2) is 0 Å². The Bertz CT molecular complexity index is 736. The lowest BCUT2D eigenvalue weighted by molar-refractivity contribution is 0.0664. The zero-order valence-electron chi connectivity index (χ0n) is 16.1. The Hall–Kier alpha value is -2.62. The van der Waals surface area contributed by atoms with Crippen molar-refractivity contribution in [2.75, 3.05) is 0 Å². The molecule has 0 radical (unpaired) electrons. The molecule has 0 saturated heterocycles. The fourth-order valence-electron chi connectivity index (χ4n) is 5.04. The van der Waals surface area contributed by atoms with Gasteiger partial charge < -0.3 is 10.6 Å². The lowest BCUT2D eigenvalue weighted by Crippen LogP contribution is -2.53. The first-order valence-electron chi connectivity index (χ1n) is 10.4. The van der Waals surface area contributed by atoms with Crippen LogP contribution in [0.1, 0.15) is 59.2 Å². The third kappa shape index (κ3) is 4.11. The number of amides is 2. The summed E-state index contributed by atoms with van der Waals surface area (Å²) in [6, 6.07) is 19.3. The van der Waals surface area contributed by atoms with Gasteiger partial charge in [0.05, 0.1) is 0 Å². The van der Waals surface area contributed by atoms with Crippen LogP contribution in [-0.2, 0) is 0 Å². The molecule has 146 valence electrons. The molecule has 2 aromatic rings. The molecule has 2 N–H and O–H groups in total. The normalized spacial score (nSPS) is 26.7. The Kier molecular flexibility index (Phi) is 5.75. The van der Waals surface area contributed by atoms with E-state index in [0.29, 0.717) is 11.8 Å². The number of benzene rings is 2. The number of nitrogens with one attached hydrogen (secondary N) is 2. The number of hydrogen-bond donors (Lipinski definition) is 2. The summed E-state index contributed by atoms with van der Waals surface area (Å²) in [5.74, 6) is 0.913. The smallest absolute Gasteiger partial charge is 0.251 e. The lowest BCUT2D eigenvalue weighted by Gasteiger charge is -2.46. The fourth-order valence-corrected chi connectivity index (χ4v) is 5.04. The molecular formula is C24H28N2O2. The molecular weight excluding hydrogens is 348 g/mol. The molecule has 28 heavy (non-hydrogen) atoms. The van der Waals surface area contributed by atoms with E-state index in [1.807, 2.05) is 60.7 Å². The third-order valence-electron chi connectivity index (χ3n) is 6.39. The SMILES string of the molecule is O=C(NC1CCCC2C(NC(=O)c3ccccc3)CCCC12)c1ccccc1. The Labute approximate surface area is 166 Å². The van der Waals surface area contributed by atoms with Gasteiger partial charge in [-0.2, -0.15) is 0 Å². The van der Waals surface area contributed by atoms with Crippen molar-refractivity contribution in [2.45, 2.75) is 50.6 Å². The van der Waals surface area contributed by atoms with Gasteiger partial charge in [0.1, 0.15) is 0 Å². The Morgan fingerprint density at radius 1 is 0.607 bits per heavy atom. The molecule has 4 heteroatoms. The molecule has 4 nitrogen and oxygen atoms in total. The van der Waals surface area contributed by atoms with Gasteiger partial charge in [-0.05, 0) is 61.8 Å². The van der Waals surface area contributed by atoms with Crippen LogP contribution in [0.25, 0.3) is 0 Å². The van der Waals surface area contributed by atoms with Gasteiger partial charge in [0.25, 0.3) is 11.8 Å². The maximum absolute atomic E-state index is 12.7. The van der Waals surface area contributed by atoms with Crippen LogP contribution in [-0.4, -0.2) is 23.9 Å². The van der Waals surface area contributed by atoms with Crippen LogP contribution >= 0.6 is 0 Å². The van der Waals surface area contributed by atoms with Crippen LogP contribution in [0.3, 0.4) is 0 Å². The summed E-state index contributed by atoms with van der Waals surface area (Å²) in [5, 5.41) is 6.58. The van der Waals surface area contributed by atoms with Crippen LogP contribution in [0.15, 0.2) is 60.7 Å². The van der Waals surface area contributed by atoms with Crippen molar-refractivity contribution in [1.29, 1.82) is 0 Å². The first-order valence-corrected chi connectivity index (χ1v) is 10.4. The van der Waals surface area contributed by atoms with Crippen molar-refractivity contribution >= 4 is 11.8 Å². The standard InChI is InChI=1S/C24H28N2O2/c27-23(17-9-3-1-4-10-17)25-21-15-7-14-20-19(21)13-8-16-22(20)26-24(28)18-11-5-2-6-12-18/h1-6,9-12,19-22H,7-8,13-16H2,(H,25,27)(H,26,28). The molecule has 0 spiro atoms. The highest BCUT2D eigenvalue weighted by molar-refractivity contribution is 5.94. The Morgan fingerprint density at radius 2 is 1.00 bits per heavy atom. The first-order chi connectivity index (χ1) is 13.7. The number of fused-ring (bicyclic) bond motifs is 1. The summed E-state index contributed by atoms with van der Waals surface area (Å²) in [6.07, 6.45) is 6.50. The van der Waals surface area contributed by atoms with Gasteiger partial charge in [0.2, 0.25) is 0 Å². The van der Waals surface area contributed by atoms with Crippen molar-refractivity contribution in [3.63, 3.8) is 0 Å². The van der Waals surface area contributed by atoms with Crippen molar-refractivity contribution in [2.24, 2.45) is 11.8 Å². The zero-order chi connectivity index (χ0) is 19.3. The van der Waals surface area contributed by atoms with Gasteiger partial charge in [-0.15, -0.1) is 0 Å². The number of hydrogen-bond acceptors (Lipinski definition) is 2. The monoisotopic (exact) mass is 376 g/mol. The van der Waals surface area contributed by atoms with Crippen LogP contribution < -0.4 is 10.6 Å². The van der Waals surface area contributed by atoms with Crippen molar-refractivity contribution in [3.8, 4) is 0 Å². The molecule has 2 aliphatic rings. The molecule has 2 saturated carbocycles. The van der Waals surface area contributed by atoms with E-state index in [1.54, 1.807) is 0 Å². The van der Waals surface area contributed by atoms with E-state index in [-0.39, 0.29) is 23.9 Å². The topological polar surface area (TPSA) is 58.2 Å². The van der Waals surface area contributed by atoms with Crippen molar-refractivity contribution in [3.05, 3.63) is 71.8 Å². The molecule has 0 bridgehead atoms. The second kappa shape index (κ2) is 8.59. The van der Waals surface area contributed by atoms with Crippen molar-refractivity contribution in [1.82, 2.24) is 10.6 Å². The summed E-state index contributed by atoms with van der Waals surface area (Å²) >= 11 is 0. The quantitative estimate of drug-likeness (QED) is 0.841. The van der Waals surface area contributed by atoms with Gasteiger partial charge in [0, 0.05) is 23.2 Å². The Balaban J connectivity index is 1.43. The largest absolute Gasteiger partial charge is 0.349 e. The maximum atomic E-state index is 12.7. The van der Waals surface area contributed by atoms with Gasteiger partial charge in [0.15, 0.2) is 0 Å². The molecule has 2 aromatic carbocycles. The Morgan fingerprint density at radius 3 is 1.39 bits per heavy atom. The van der Waals surface area contributed by atoms with Crippen LogP contribution in [0.4, 0.5) is 0 Å². The van der Waals surface area contributed by atoms with E-state index in [9.17, 15) is 9.59 Å². The van der Waals surface area contributed by atoms with E-state index in [1.165, 1.54) is 0 Å². The minimum Gasteiger partial charge on any atom is -0.349 e. The number of carbonyl (C=O) groups is 2. The molecule has 0 aliphatic heterocycles. The molecule has 2 amide bonds. The molecule has 0 heterocycles. The predicted molar refractivity (Wildman–Crippen MR) is 110 cm³/mol. The first kappa shape index (κ1) is 18.7. The third-order valence-corrected chi connectivity index (χ3v) is 6.39. The van der Waals surface area contributed by atoms with E-state index in [0.717, 1.165) is 49.7 Å². The van der Waals surface area contributed by atoms with Gasteiger partial charge >= 0.3 is 0 Å². The number of rotatable bonds is 4. The van der Waals surface area contributed by atoms with Crippen LogP contribution in [0.2, 0.25) is 0 Å². The minimum atomic E-state index is 0.0155. The summed E-state index contributed by atoms with van der Waals surface area (Å²) in [7, 11) is 0. The summed E-state index contributed by atoms with van der Waals surface area (Å²) in [4.78, 5) is 25.3. The molecule has 0 aromatic heterocycles. The van der Waals surface area contributed by atoms with Crippen molar-refractivity contribution < 1.29 is 9.59 Å². The van der Waals surface area contributed by atoms with Crippen LogP contribution in [0.5, 0.6) is 0 Å². The van der Waals surface area contributed by atoms with Gasteiger partial charge in [-0.3, -0.25) is 9.59 Å². The lowest BCUT2D eigenvalue weighted by atomic mass is 9.66. The minimum absolute atomic E-state index is 0.0155. The number of carbonyl (C=O) groups excluding carboxylic acids is 2. The molecule has 4 unspecified atom stereocenters. The second-order valence-electron chi connectivity index (χ2n) is 8.08. The fraction of sp³-hybridized carbons (Fsp3) is 0.417. The van der Waals surface area contributed by atoms with E-state index < -0.39 is 0 Å². The van der Waals surface area contributed by atoms with Crippen LogP contribution in [0, 0.1) is 11.8 Å². The summed E-state index contributed by atoms with van der Waals surface area (Å²) < 4.78 is 0. The highest BCUT2D eigenvalue weighted by Crippen LogP contribution is 2.41. The molecule has 2 aliphatic carbocycles. The predicted octanol–water partition coefficient (Wildman–Crippen LogP) is 4.18. The second-order valence-corrected chi connectivity index (χ2v) is 8.08. The average molecular weight is 377 g/mol. The highest BCUT2D eigenvalue weighted by atomic mass is 16.2. The van der Waals surface area contributed by atoms with E-state index >= 15 is 0 Å². The van der Waals surface area contributed by atoms with Gasteiger partial charge in [-0.1, -0.05) is 49.2 Å². The summed E-state index contributed by atoms with van der Waals surface area (Å²) in [6.45, 7) is 0. The maximum Gasteiger partial charge on any atom is 0.251 e. The average Bonchev–Trinajstić information content (AvgIpc) is 2.75. The molecule has 2 fully saturated rings. The van der Waals surface area contributed by atoms with E-state index in [4.69, 9.17) is 0 Å². The highest BCUT2D eigenvalue weighted by Gasteiger charge is 2.41. The molecule has 4 rings (SSSR count). The zero-order valence-corrected chi connectivity index (χ0v) is 16.1. The summed E-state index contributed by atoms with van der Waals surface area (Å²) in [5.41, 5.74) is 1.43.